The van der Waals surface area contributed by atoms with E-state index in [0.717, 1.165) is 11.3 Å². The Balaban J connectivity index is 1.71. The Hall–Kier alpha value is -3.22. The number of benzene rings is 2. The molecule has 6 nitrogen and oxygen atoms in total. The molecule has 1 atom stereocenters. The number of nitrogens with zero attached hydrogens (tertiary/aromatic N) is 3. The van der Waals surface area contributed by atoms with Crippen LogP contribution in [0, 0.1) is 5.82 Å². The van der Waals surface area contributed by atoms with Gasteiger partial charge in [-0.25, -0.2) is 4.39 Å². The largest absolute Gasteiger partial charge is 0.378 e. The van der Waals surface area contributed by atoms with Crippen LogP contribution in [-0.2, 0) is 0 Å². The van der Waals surface area contributed by atoms with E-state index in [0.29, 0.717) is 5.82 Å². The molecule has 0 unspecified atom stereocenters. The molecule has 0 spiro atoms. The summed E-state index contributed by atoms with van der Waals surface area (Å²) in [7, 11) is 3.93. The van der Waals surface area contributed by atoms with E-state index < -0.39 is 17.8 Å². The number of carbonyl (C=O) groups is 1. The van der Waals surface area contributed by atoms with E-state index in [9.17, 15) is 9.18 Å². The number of rotatable bonds is 5. The molecule has 0 fully saturated rings. The lowest BCUT2D eigenvalue weighted by atomic mass is 10.2. The van der Waals surface area contributed by atoms with Crippen LogP contribution in [0.3, 0.4) is 0 Å². The second-order valence-corrected chi connectivity index (χ2v) is 6.10. The average Bonchev–Trinajstić information content (AvgIpc) is 3.12. The topological polar surface area (TPSA) is 71.3 Å². The first-order valence-electron chi connectivity index (χ1n) is 8.12. The summed E-state index contributed by atoms with van der Waals surface area (Å²) in [5.74, 6) is -0.155. The summed E-state index contributed by atoms with van der Waals surface area (Å²) in [5, 5.41) is 6.69. The normalized spacial score (nSPS) is 11.8. The van der Waals surface area contributed by atoms with Crippen LogP contribution < -0.4 is 10.2 Å². The van der Waals surface area contributed by atoms with Gasteiger partial charge in [0.25, 0.3) is 5.91 Å². The molecule has 0 saturated carbocycles. The number of hydrogen-bond acceptors (Lipinski definition) is 5. The minimum Gasteiger partial charge on any atom is -0.378 e. The van der Waals surface area contributed by atoms with E-state index in [1.807, 2.05) is 43.3 Å². The average molecular weight is 354 g/mol. The fourth-order valence-corrected chi connectivity index (χ4v) is 2.41. The molecule has 1 amide bonds. The third kappa shape index (κ3) is 3.88. The quantitative estimate of drug-likeness (QED) is 0.760. The minimum atomic E-state index is -0.506. The number of carbonyl (C=O) groups excluding carboxylic acids is 1. The highest BCUT2D eigenvalue weighted by molar-refractivity contribution is 5.94. The first kappa shape index (κ1) is 17.6. The maximum absolute atomic E-state index is 13.2. The predicted octanol–water partition coefficient (Wildman–Crippen LogP) is 3.43. The van der Waals surface area contributed by atoms with Crippen LogP contribution in [0.25, 0.3) is 11.4 Å². The number of hydrogen-bond donors (Lipinski definition) is 1. The molecule has 7 heteroatoms. The summed E-state index contributed by atoms with van der Waals surface area (Å²) in [5.41, 5.74) is 2.11. The van der Waals surface area contributed by atoms with Crippen LogP contribution >= 0.6 is 0 Å². The molecule has 134 valence electrons. The van der Waals surface area contributed by atoms with Gasteiger partial charge < -0.3 is 14.7 Å². The van der Waals surface area contributed by atoms with E-state index in [1.54, 1.807) is 6.92 Å². The van der Waals surface area contributed by atoms with E-state index in [1.165, 1.54) is 24.3 Å². The molecule has 2 aromatic carbocycles. The van der Waals surface area contributed by atoms with Gasteiger partial charge >= 0.3 is 0 Å². The van der Waals surface area contributed by atoms with E-state index in [4.69, 9.17) is 4.52 Å². The van der Waals surface area contributed by atoms with Gasteiger partial charge in [0.05, 0.1) is 0 Å². The van der Waals surface area contributed by atoms with Gasteiger partial charge in [0.1, 0.15) is 11.9 Å². The highest BCUT2D eigenvalue weighted by Crippen LogP contribution is 2.21. The molecule has 0 bridgehead atoms. The summed E-state index contributed by atoms with van der Waals surface area (Å²) in [4.78, 5) is 18.5. The van der Waals surface area contributed by atoms with Gasteiger partial charge in [0, 0.05) is 30.9 Å². The Kier molecular flexibility index (Phi) is 4.97. The zero-order valence-corrected chi connectivity index (χ0v) is 14.7. The van der Waals surface area contributed by atoms with Crippen molar-refractivity contribution in [2.45, 2.75) is 13.0 Å². The van der Waals surface area contributed by atoms with Crippen LogP contribution in [0.5, 0.6) is 0 Å². The first-order valence-corrected chi connectivity index (χ1v) is 8.12. The zero-order chi connectivity index (χ0) is 18.7. The number of anilines is 1. The van der Waals surface area contributed by atoms with Crippen molar-refractivity contribution in [3.8, 4) is 11.4 Å². The van der Waals surface area contributed by atoms with Crippen LogP contribution in [0.1, 0.15) is 29.2 Å². The van der Waals surface area contributed by atoms with Crippen LogP contribution in [-0.4, -0.2) is 30.1 Å². The molecular weight excluding hydrogens is 335 g/mol. The lowest BCUT2D eigenvalue weighted by Crippen LogP contribution is -2.26. The van der Waals surface area contributed by atoms with Crippen molar-refractivity contribution in [2.24, 2.45) is 0 Å². The van der Waals surface area contributed by atoms with Crippen molar-refractivity contribution in [2.75, 3.05) is 19.0 Å². The first-order chi connectivity index (χ1) is 12.4. The standard InChI is InChI=1S/C19H19FN4O2/c1-12(21-18(25)14-5-4-6-15(20)11-14)19-22-17(23-26-19)13-7-9-16(10-8-13)24(2)3/h4-12H,1-3H3,(H,21,25)/t12-/m1/s1. The molecule has 3 aromatic rings. The third-order valence-corrected chi connectivity index (χ3v) is 3.89. The Morgan fingerprint density at radius 3 is 2.58 bits per heavy atom. The SMILES string of the molecule is C[C@@H](NC(=O)c1cccc(F)c1)c1nc(-c2ccc(N(C)C)cc2)no1. The summed E-state index contributed by atoms with van der Waals surface area (Å²) < 4.78 is 18.5. The van der Waals surface area contributed by atoms with E-state index in [-0.39, 0.29) is 11.5 Å². The monoisotopic (exact) mass is 354 g/mol. The molecule has 1 aromatic heterocycles. The van der Waals surface area contributed by atoms with Crippen LogP contribution in [0.4, 0.5) is 10.1 Å². The number of halogens is 1. The Bertz CT molecular complexity index is 906. The number of nitrogens with one attached hydrogen (secondary N) is 1. The summed E-state index contributed by atoms with van der Waals surface area (Å²) >= 11 is 0. The summed E-state index contributed by atoms with van der Waals surface area (Å²) in [6.45, 7) is 1.73. The highest BCUT2D eigenvalue weighted by atomic mass is 19.1. The van der Waals surface area contributed by atoms with Gasteiger partial charge in [-0.05, 0) is 49.4 Å². The number of amides is 1. The van der Waals surface area contributed by atoms with Gasteiger partial charge in [-0.2, -0.15) is 4.98 Å². The van der Waals surface area contributed by atoms with Crippen molar-refractivity contribution in [3.63, 3.8) is 0 Å². The van der Waals surface area contributed by atoms with E-state index >= 15 is 0 Å². The molecule has 0 radical (unpaired) electrons. The second-order valence-electron chi connectivity index (χ2n) is 6.10. The maximum Gasteiger partial charge on any atom is 0.252 e. The van der Waals surface area contributed by atoms with Gasteiger partial charge in [-0.1, -0.05) is 11.2 Å². The van der Waals surface area contributed by atoms with Gasteiger partial charge in [-0.15, -0.1) is 0 Å². The van der Waals surface area contributed by atoms with Gasteiger partial charge in [0.15, 0.2) is 0 Å². The van der Waals surface area contributed by atoms with Crippen LogP contribution in [0.2, 0.25) is 0 Å². The molecule has 0 saturated heterocycles. The van der Waals surface area contributed by atoms with Crippen molar-refractivity contribution < 1.29 is 13.7 Å². The fourth-order valence-electron chi connectivity index (χ4n) is 2.41. The smallest absolute Gasteiger partial charge is 0.252 e. The summed E-state index contributed by atoms with van der Waals surface area (Å²) in [6, 6.07) is 12.7. The van der Waals surface area contributed by atoms with Crippen molar-refractivity contribution in [1.29, 1.82) is 0 Å². The lowest BCUT2D eigenvalue weighted by molar-refractivity contribution is 0.0932. The molecule has 0 aliphatic carbocycles. The van der Waals surface area contributed by atoms with Gasteiger partial charge in [-0.3, -0.25) is 4.79 Å². The van der Waals surface area contributed by atoms with Crippen molar-refractivity contribution in [3.05, 3.63) is 65.8 Å². The maximum atomic E-state index is 13.2. The zero-order valence-electron chi connectivity index (χ0n) is 14.7. The Morgan fingerprint density at radius 2 is 1.92 bits per heavy atom. The second kappa shape index (κ2) is 7.35. The van der Waals surface area contributed by atoms with Gasteiger partial charge in [0.2, 0.25) is 11.7 Å². The Morgan fingerprint density at radius 1 is 1.19 bits per heavy atom. The summed E-state index contributed by atoms with van der Waals surface area (Å²) in [6.07, 6.45) is 0. The fraction of sp³-hybridized carbons (Fsp3) is 0.211. The molecule has 1 heterocycles. The van der Waals surface area contributed by atoms with Crippen molar-refractivity contribution >= 4 is 11.6 Å². The molecule has 26 heavy (non-hydrogen) atoms. The molecule has 1 N–H and O–H groups in total. The number of aromatic nitrogens is 2. The van der Waals surface area contributed by atoms with Crippen LogP contribution in [0.15, 0.2) is 53.1 Å². The van der Waals surface area contributed by atoms with E-state index in [2.05, 4.69) is 15.5 Å². The molecule has 3 rings (SSSR count). The highest BCUT2D eigenvalue weighted by Gasteiger charge is 2.18. The predicted molar refractivity (Wildman–Crippen MR) is 96.3 cm³/mol. The van der Waals surface area contributed by atoms with Crippen molar-refractivity contribution in [1.82, 2.24) is 15.5 Å². The minimum absolute atomic E-state index is 0.232. The Labute approximate surface area is 150 Å². The lowest BCUT2D eigenvalue weighted by Gasteiger charge is -2.11. The molecular formula is C19H19FN4O2. The molecule has 0 aliphatic rings. The molecule has 0 aliphatic heterocycles. The third-order valence-electron chi connectivity index (χ3n) is 3.89.